The van der Waals surface area contributed by atoms with Gasteiger partial charge in [0, 0.05) is 32.7 Å². The molecule has 1 aliphatic rings. The number of hydrogen-bond donors (Lipinski definition) is 0. The van der Waals surface area contributed by atoms with E-state index in [1.807, 2.05) is 77.7 Å². The Morgan fingerprint density at radius 2 is 1.28 bits per heavy atom. The lowest BCUT2D eigenvalue weighted by Crippen LogP contribution is -2.49. The third-order valence-corrected chi connectivity index (χ3v) is 5.52. The zero-order valence-corrected chi connectivity index (χ0v) is 16.4. The zero-order valence-electron chi connectivity index (χ0n) is 16.4. The molecule has 1 aliphatic heterocycles. The van der Waals surface area contributed by atoms with Crippen molar-refractivity contribution in [3.63, 3.8) is 0 Å². The first-order valence-corrected chi connectivity index (χ1v) is 10.1. The van der Waals surface area contributed by atoms with Gasteiger partial charge in [-0.15, -0.1) is 0 Å². The van der Waals surface area contributed by atoms with E-state index in [1.165, 1.54) is 12.1 Å². The van der Waals surface area contributed by atoms with Crippen LogP contribution in [0.5, 0.6) is 0 Å². The summed E-state index contributed by atoms with van der Waals surface area (Å²) in [6.07, 6.45) is 0. The molecule has 1 amide bonds. The number of carbonyl (C=O) groups excluding carboxylic acids is 1. The summed E-state index contributed by atoms with van der Waals surface area (Å²) < 4.78 is 13.1. The molecule has 0 saturated carbocycles. The lowest BCUT2D eigenvalue weighted by Gasteiger charge is -2.36. The maximum atomic E-state index is 13.5. The molecule has 3 nitrogen and oxygen atoms in total. The van der Waals surface area contributed by atoms with Gasteiger partial charge in [-0.25, -0.2) is 4.39 Å². The maximum absolute atomic E-state index is 13.5. The van der Waals surface area contributed by atoms with Gasteiger partial charge in [0.1, 0.15) is 5.82 Å². The standard InChI is InChI=1S/C25H25FN2O/c26-23-13-11-20(12-14-23)19-27-15-17-28(18-16-27)25(29)24(21-7-3-1-4-8-21)22-9-5-2-6-10-22/h1-14,24H,15-19H2. The van der Waals surface area contributed by atoms with Gasteiger partial charge in [0.05, 0.1) is 5.92 Å². The Kier molecular flexibility index (Phi) is 6.01. The Hall–Kier alpha value is -2.98. The number of nitrogens with zero attached hydrogens (tertiary/aromatic N) is 2. The van der Waals surface area contributed by atoms with Crippen LogP contribution < -0.4 is 0 Å². The highest BCUT2D eigenvalue weighted by Crippen LogP contribution is 2.27. The van der Waals surface area contributed by atoms with E-state index in [-0.39, 0.29) is 17.6 Å². The number of benzene rings is 3. The highest BCUT2D eigenvalue weighted by molar-refractivity contribution is 5.87. The molecular formula is C25H25FN2O. The van der Waals surface area contributed by atoms with Crippen LogP contribution in [0.25, 0.3) is 0 Å². The molecule has 0 unspecified atom stereocenters. The van der Waals surface area contributed by atoms with Crippen LogP contribution in [0, 0.1) is 5.82 Å². The van der Waals surface area contributed by atoms with Crippen LogP contribution in [-0.2, 0) is 11.3 Å². The normalized spacial score (nSPS) is 14.9. The average molecular weight is 388 g/mol. The molecule has 148 valence electrons. The summed E-state index contributed by atoms with van der Waals surface area (Å²) in [7, 11) is 0. The third-order valence-electron chi connectivity index (χ3n) is 5.52. The minimum atomic E-state index is -0.277. The van der Waals surface area contributed by atoms with Crippen molar-refractivity contribution in [3.8, 4) is 0 Å². The van der Waals surface area contributed by atoms with Crippen LogP contribution in [0.15, 0.2) is 84.9 Å². The van der Waals surface area contributed by atoms with Crippen LogP contribution in [0.4, 0.5) is 4.39 Å². The van der Waals surface area contributed by atoms with Gasteiger partial charge in [-0.1, -0.05) is 72.8 Å². The second-order valence-corrected chi connectivity index (χ2v) is 7.48. The van der Waals surface area contributed by atoms with Gasteiger partial charge in [0.2, 0.25) is 5.91 Å². The number of amides is 1. The Labute approximate surface area is 171 Å². The fourth-order valence-corrected chi connectivity index (χ4v) is 3.93. The first-order valence-electron chi connectivity index (χ1n) is 10.1. The van der Waals surface area contributed by atoms with Crippen molar-refractivity contribution in [1.29, 1.82) is 0 Å². The molecule has 3 aromatic rings. The minimum absolute atomic E-state index is 0.156. The highest BCUT2D eigenvalue weighted by atomic mass is 19.1. The Morgan fingerprint density at radius 3 is 1.79 bits per heavy atom. The van der Waals surface area contributed by atoms with Crippen molar-refractivity contribution in [2.45, 2.75) is 12.5 Å². The van der Waals surface area contributed by atoms with Gasteiger partial charge < -0.3 is 4.90 Å². The average Bonchev–Trinajstić information content (AvgIpc) is 2.77. The summed E-state index contributed by atoms with van der Waals surface area (Å²) in [5.74, 6) is -0.332. The van der Waals surface area contributed by atoms with Gasteiger partial charge in [0.15, 0.2) is 0 Å². The van der Waals surface area contributed by atoms with E-state index in [2.05, 4.69) is 4.90 Å². The Balaban J connectivity index is 1.45. The van der Waals surface area contributed by atoms with Crippen molar-refractivity contribution in [3.05, 3.63) is 107 Å². The number of rotatable bonds is 5. The summed E-state index contributed by atoms with van der Waals surface area (Å²) in [5.41, 5.74) is 3.15. The van der Waals surface area contributed by atoms with Crippen molar-refractivity contribution >= 4 is 5.91 Å². The number of carbonyl (C=O) groups is 1. The minimum Gasteiger partial charge on any atom is -0.339 e. The number of hydrogen-bond acceptors (Lipinski definition) is 2. The lowest BCUT2D eigenvalue weighted by atomic mass is 9.90. The van der Waals surface area contributed by atoms with Crippen LogP contribution in [0.1, 0.15) is 22.6 Å². The second-order valence-electron chi connectivity index (χ2n) is 7.48. The smallest absolute Gasteiger partial charge is 0.234 e. The molecule has 0 spiro atoms. The van der Waals surface area contributed by atoms with Crippen LogP contribution in [0.3, 0.4) is 0 Å². The van der Waals surface area contributed by atoms with Crippen LogP contribution in [0.2, 0.25) is 0 Å². The topological polar surface area (TPSA) is 23.6 Å². The number of piperazine rings is 1. The zero-order chi connectivity index (χ0) is 20.1. The fraction of sp³-hybridized carbons (Fsp3) is 0.240. The largest absolute Gasteiger partial charge is 0.339 e. The monoisotopic (exact) mass is 388 g/mol. The SMILES string of the molecule is O=C(C(c1ccccc1)c1ccccc1)N1CCN(Cc2ccc(F)cc2)CC1. The van der Waals surface area contributed by atoms with E-state index >= 15 is 0 Å². The lowest BCUT2D eigenvalue weighted by molar-refractivity contribution is -0.133. The molecule has 0 aromatic heterocycles. The van der Waals surface area contributed by atoms with E-state index in [0.717, 1.165) is 36.3 Å². The Bertz CT molecular complexity index is 881. The van der Waals surface area contributed by atoms with Gasteiger partial charge in [-0.05, 0) is 28.8 Å². The maximum Gasteiger partial charge on any atom is 0.234 e. The van der Waals surface area contributed by atoms with Crippen molar-refractivity contribution in [1.82, 2.24) is 9.80 Å². The van der Waals surface area contributed by atoms with Gasteiger partial charge in [-0.3, -0.25) is 9.69 Å². The van der Waals surface area contributed by atoms with E-state index in [9.17, 15) is 9.18 Å². The second kappa shape index (κ2) is 9.01. The molecule has 3 aromatic carbocycles. The molecule has 1 saturated heterocycles. The van der Waals surface area contributed by atoms with Crippen molar-refractivity contribution < 1.29 is 9.18 Å². The molecule has 29 heavy (non-hydrogen) atoms. The summed E-state index contributed by atoms with van der Waals surface area (Å²) in [6, 6.07) is 26.7. The molecule has 0 atom stereocenters. The summed E-state index contributed by atoms with van der Waals surface area (Å²) in [5, 5.41) is 0. The molecule has 4 rings (SSSR count). The predicted octanol–water partition coefficient (Wildman–Crippen LogP) is 4.30. The molecule has 0 N–H and O–H groups in total. The van der Waals surface area contributed by atoms with E-state index in [0.29, 0.717) is 13.1 Å². The molecule has 0 radical (unpaired) electrons. The summed E-state index contributed by atoms with van der Waals surface area (Å²) in [4.78, 5) is 17.8. The molecule has 0 bridgehead atoms. The molecule has 4 heteroatoms. The molecular weight excluding hydrogens is 363 g/mol. The number of halogens is 1. The molecule has 1 fully saturated rings. The summed E-state index contributed by atoms with van der Waals surface area (Å²) in [6.45, 7) is 3.83. The van der Waals surface area contributed by atoms with Crippen molar-refractivity contribution in [2.24, 2.45) is 0 Å². The van der Waals surface area contributed by atoms with Crippen LogP contribution >= 0.6 is 0 Å². The quantitative estimate of drug-likeness (QED) is 0.651. The van der Waals surface area contributed by atoms with Gasteiger partial charge in [0.25, 0.3) is 0 Å². The van der Waals surface area contributed by atoms with Crippen LogP contribution in [-0.4, -0.2) is 41.9 Å². The first kappa shape index (κ1) is 19.3. The molecule has 0 aliphatic carbocycles. The van der Waals surface area contributed by atoms with Gasteiger partial charge >= 0.3 is 0 Å². The Morgan fingerprint density at radius 1 is 0.759 bits per heavy atom. The summed E-state index contributed by atoms with van der Waals surface area (Å²) >= 11 is 0. The van der Waals surface area contributed by atoms with Crippen molar-refractivity contribution in [2.75, 3.05) is 26.2 Å². The van der Waals surface area contributed by atoms with E-state index in [1.54, 1.807) is 0 Å². The third kappa shape index (κ3) is 4.72. The predicted molar refractivity (Wildman–Crippen MR) is 113 cm³/mol. The van der Waals surface area contributed by atoms with Gasteiger partial charge in [-0.2, -0.15) is 0 Å². The highest BCUT2D eigenvalue weighted by Gasteiger charge is 2.29. The fourth-order valence-electron chi connectivity index (χ4n) is 3.93. The first-order chi connectivity index (χ1) is 14.2. The van der Waals surface area contributed by atoms with E-state index < -0.39 is 0 Å². The molecule has 1 heterocycles. The van der Waals surface area contributed by atoms with E-state index in [4.69, 9.17) is 0 Å².